The minimum atomic E-state index is -1.11. The largest absolute Gasteiger partial charge is 0.493 e. The standard InChI is InChI=1S/C21H22FNO4/c1-13(9-14-3-2-4-17(22)11-14)10-19(24)23-20(21(25)26)16-5-6-18-15(12-16)7-8-27-18/h2-6,11-13,20H,7-10H2,1H3,(H,23,24)(H,25,26). The van der Waals surface area contributed by atoms with Crippen molar-refractivity contribution in [1.82, 2.24) is 5.32 Å². The van der Waals surface area contributed by atoms with Gasteiger partial charge < -0.3 is 15.2 Å². The summed E-state index contributed by atoms with van der Waals surface area (Å²) in [6, 6.07) is 10.3. The number of halogens is 1. The van der Waals surface area contributed by atoms with Gasteiger partial charge in [0, 0.05) is 12.8 Å². The van der Waals surface area contributed by atoms with Gasteiger partial charge >= 0.3 is 5.97 Å². The Morgan fingerprint density at radius 3 is 2.81 bits per heavy atom. The molecule has 1 amide bonds. The van der Waals surface area contributed by atoms with Crippen molar-refractivity contribution >= 4 is 11.9 Å². The summed E-state index contributed by atoms with van der Waals surface area (Å²) in [6.07, 6.45) is 1.43. The SMILES string of the molecule is CC(CC(=O)NC(C(=O)O)c1ccc2c(c1)CCO2)Cc1cccc(F)c1. The first-order valence-corrected chi connectivity index (χ1v) is 8.94. The fourth-order valence-electron chi connectivity index (χ4n) is 3.35. The molecule has 1 aliphatic heterocycles. The van der Waals surface area contributed by atoms with Crippen LogP contribution >= 0.6 is 0 Å². The van der Waals surface area contributed by atoms with Crippen molar-refractivity contribution in [3.63, 3.8) is 0 Å². The number of nitrogens with one attached hydrogen (secondary N) is 1. The molecule has 5 nitrogen and oxygen atoms in total. The van der Waals surface area contributed by atoms with Crippen molar-refractivity contribution in [1.29, 1.82) is 0 Å². The Labute approximate surface area is 157 Å². The van der Waals surface area contributed by atoms with Crippen LogP contribution < -0.4 is 10.1 Å². The van der Waals surface area contributed by atoms with Gasteiger partial charge in [0.15, 0.2) is 6.04 Å². The van der Waals surface area contributed by atoms with Crippen LogP contribution in [0.25, 0.3) is 0 Å². The second kappa shape index (κ2) is 8.20. The van der Waals surface area contributed by atoms with E-state index in [4.69, 9.17) is 4.74 Å². The molecule has 0 saturated carbocycles. The monoisotopic (exact) mass is 371 g/mol. The zero-order valence-corrected chi connectivity index (χ0v) is 15.1. The third-order valence-electron chi connectivity index (χ3n) is 4.61. The number of fused-ring (bicyclic) bond motifs is 1. The smallest absolute Gasteiger partial charge is 0.330 e. The molecule has 0 aliphatic carbocycles. The topological polar surface area (TPSA) is 75.6 Å². The molecule has 0 radical (unpaired) electrons. The Kier molecular flexibility index (Phi) is 5.74. The van der Waals surface area contributed by atoms with Gasteiger partial charge in [-0.15, -0.1) is 0 Å². The van der Waals surface area contributed by atoms with Gasteiger partial charge in [-0.1, -0.05) is 25.1 Å². The molecule has 142 valence electrons. The summed E-state index contributed by atoms with van der Waals surface area (Å²) in [4.78, 5) is 24.0. The number of hydrogen-bond donors (Lipinski definition) is 2. The molecule has 2 aromatic carbocycles. The second-order valence-electron chi connectivity index (χ2n) is 6.95. The maximum Gasteiger partial charge on any atom is 0.330 e. The lowest BCUT2D eigenvalue weighted by molar-refractivity contribution is -0.142. The van der Waals surface area contributed by atoms with E-state index in [9.17, 15) is 19.1 Å². The maximum absolute atomic E-state index is 13.3. The number of hydrogen-bond acceptors (Lipinski definition) is 3. The fraction of sp³-hybridized carbons (Fsp3) is 0.333. The van der Waals surface area contributed by atoms with Crippen LogP contribution in [0.1, 0.15) is 36.1 Å². The molecule has 1 heterocycles. The van der Waals surface area contributed by atoms with Crippen LogP contribution in [-0.2, 0) is 22.4 Å². The van der Waals surface area contributed by atoms with E-state index in [1.165, 1.54) is 12.1 Å². The molecule has 1 aliphatic rings. The lowest BCUT2D eigenvalue weighted by Gasteiger charge is -2.18. The summed E-state index contributed by atoms with van der Waals surface area (Å²) >= 11 is 0. The van der Waals surface area contributed by atoms with E-state index in [-0.39, 0.29) is 24.1 Å². The van der Waals surface area contributed by atoms with Gasteiger partial charge in [0.1, 0.15) is 11.6 Å². The first-order chi connectivity index (χ1) is 12.9. The average Bonchev–Trinajstić information content (AvgIpc) is 3.07. The van der Waals surface area contributed by atoms with Crippen molar-refractivity contribution in [2.45, 2.75) is 32.2 Å². The van der Waals surface area contributed by atoms with Crippen molar-refractivity contribution in [2.75, 3.05) is 6.61 Å². The van der Waals surface area contributed by atoms with E-state index < -0.39 is 12.0 Å². The molecular weight excluding hydrogens is 349 g/mol. The molecule has 27 heavy (non-hydrogen) atoms. The van der Waals surface area contributed by atoms with Gasteiger partial charge in [0.05, 0.1) is 6.61 Å². The lowest BCUT2D eigenvalue weighted by Crippen LogP contribution is -2.34. The van der Waals surface area contributed by atoms with Gasteiger partial charge in [0.25, 0.3) is 0 Å². The summed E-state index contributed by atoms with van der Waals surface area (Å²) in [5.74, 6) is -1.05. The maximum atomic E-state index is 13.3. The summed E-state index contributed by atoms with van der Waals surface area (Å²) in [7, 11) is 0. The summed E-state index contributed by atoms with van der Waals surface area (Å²) < 4.78 is 18.7. The molecule has 0 spiro atoms. The number of carbonyl (C=O) groups excluding carboxylic acids is 1. The van der Waals surface area contributed by atoms with Gasteiger partial charge in [0.2, 0.25) is 5.91 Å². The number of aliphatic carboxylic acids is 1. The number of carboxylic acid groups (broad SMARTS) is 1. The summed E-state index contributed by atoms with van der Waals surface area (Å²) in [5.41, 5.74) is 2.29. The highest BCUT2D eigenvalue weighted by Crippen LogP contribution is 2.28. The molecule has 6 heteroatoms. The van der Waals surface area contributed by atoms with Crippen molar-refractivity contribution in [2.24, 2.45) is 5.92 Å². The van der Waals surface area contributed by atoms with Crippen molar-refractivity contribution in [3.8, 4) is 5.75 Å². The zero-order valence-electron chi connectivity index (χ0n) is 15.1. The number of amides is 1. The Balaban J connectivity index is 1.62. The van der Waals surface area contributed by atoms with E-state index in [1.54, 1.807) is 24.3 Å². The Morgan fingerprint density at radius 1 is 1.26 bits per heavy atom. The van der Waals surface area contributed by atoms with E-state index >= 15 is 0 Å². The minimum absolute atomic E-state index is 0.0466. The van der Waals surface area contributed by atoms with Crippen LogP contribution in [0.2, 0.25) is 0 Å². The highest BCUT2D eigenvalue weighted by molar-refractivity contribution is 5.84. The summed E-state index contributed by atoms with van der Waals surface area (Å²) in [6.45, 7) is 2.47. The molecule has 3 rings (SSSR count). The van der Waals surface area contributed by atoms with Crippen LogP contribution in [0.3, 0.4) is 0 Å². The number of ether oxygens (including phenoxy) is 1. The molecular formula is C21H22FNO4. The molecule has 2 unspecified atom stereocenters. The van der Waals surface area contributed by atoms with E-state index in [1.807, 2.05) is 13.0 Å². The number of rotatable bonds is 7. The Morgan fingerprint density at radius 2 is 2.07 bits per heavy atom. The third kappa shape index (κ3) is 4.84. The number of carboxylic acids is 1. The zero-order chi connectivity index (χ0) is 19.4. The van der Waals surface area contributed by atoms with Crippen LogP contribution in [0.5, 0.6) is 5.75 Å². The fourth-order valence-corrected chi connectivity index (χ4v) is 3.35. The Hall–Kier alpha value is -2.89. The predicted octanol–water partition coefficient (Wildman–Crippen LogP) is 3.27. The van der Waals surface area contributed by atoms with Gasteiger partial charge in [-0.3, -0.25) is 4.79 Å². The van der Waals surface area contributed by atoms with Crippen LogP contribution in [0, 0.1) is 11.7 Å². The second-order valence-corrected chi connectivity index (χ2v) is 6.95. The molecule has 0 saturated heterocycles. The normalized spacial score (nSPS) is 14.7. The average molecular weight is 371 g/mol. The highest BCUT2D eigenvalue weighted by Gasteiger charge is 2.25. The van der Waals surface area contributed by atoms with E-state index in [2.05, 4.69) is 5.32 Å². The third-order valence-corrected chi connectivity index (χ3v) is 4.61. The molecule has 0 fully saturated rings. The molecule has 0 aromatic heterocycles. The first-order valence-electron chi connectivity index (χ1n) is 8.94. The van der Waals surface area contributed by atoms with Crippen LogP contribution in [-0.4, -0.2) is 23.6 Å². The van der Waals surface area contributed by atoms with Crippen molar-refractivity contribution in [3.05, 3.63) is 65.0 Å². The summed E-state index contributed by atoms with van der Waals surface area (Å²) in [5, 5.41) is 12.1. The van der Waals surface area contributed by atoms with Gasteiger partial charge in [-0.05, 0) is 53.3 Å². The molecule has 0 bridgehead atoms. The number of benzene rings is 2. The van der Waals surface area contributed by atoms with Gasteiger partial charge in [-0.2, -0.15) is 0 Å². The highest BCUT2D eigenvalue weighted by atomic mass is 19.1. The van der Waals surface area contributed by atoms with Crippen LogP contribution in [0.4, 0.5) is 4.39 Å². The lowest BCUT2D eigenvalue weighted by atomic mass is 9.97. The molecule has 2 N–H and O–H groups in total. The van der Waals surface area contributed by atoms with Crippen LogP contribution in [0.15, 0.2) is 42.5 Å². The quantitative estimate of drug-likeness (QED) is 0.783. The number of carbonyl (C=O) groups is 2. The molecule has 2 aromatic rings. The van der Waals surface area contributed by atoms with E-state index in [0.717, 1.165) is 23.3 Å². The minimum Gasteiger partial charge on any atom is -0.493 e. The first kappa shape index (κ1) is 18.9. The Bertz CT molecular complexity index is 852. The predicted molar refractivity (Wildman–Crippen MR) is 98.0 cm³/mol. The van der Waals surface area contributed by atoms with Crippen molar-refractivity contribution < 1.29 is 23.8 Å². The van der Waals surface area contributed by atoms with E-state index in [0.29, 0.717) is 18.6 Å². The van der Waals surface area contributed by atoms with Gasteiger partial charge in [-0.25, -0.2) is 9.18 Å². The molecule has 2 atom stereocenters.